The lowest BCUT2D eigenvalue weighted by Gasteiger charge is -2.13. The number of hydrogen-bond acceptors (Lipinski definition) is 4. The van der Waals surface area contributed by atoms with E-state index in [1.165, 1.54) is 25.0 Å². The molecule has 4 nitrogen and oxygen atoms in total. The molecule has 1 heterocycles. The lowest BCUT2D eigenvalue weighted by atomic mass is 10.1. The number of nitrogens with one attached hydrogen (secondary N) is 1. The Labute approximate surface area is 77.1 Å². The van der Waals surface area contributed by atoms with Crippen LogP contribution in [0.25, 0.3) is 0 Å². The average Bonchev–Trinajstić information content (AvgIpc) is 2.21. The highest BCUT2D eigenvalue weighted by Crippen LogP contribution is 2.17. The summed E-state index contributed by atoms with van der Waals surface area (Å²) in [7, 11) is 0. The number of hydrogen-bond donors (Lipinski definition) is 1. The van der Waals surface area contributed by atoms with Crippen molar-refractivity contribution in [2.45, 2.75) is 25.7 Å². The largest absolute Gasteiger partial charge is 0.343 e. The molecule has 0 unspecified atom stereocenters. The van der Waals surface area contributed by atoms with Crippen molar-refractivity contribution in [3.8, 4) is 0 Å². The van der Waals surface area contributed by atoms with Crippen LogP contribution in [0.2, 0.25) is 0 Å². The highest BCUT2D eigenvalue weighted by molar-refractivity contribution is 5.39. The normalized spacial score (nSPS) is 16.5. The first-order valence-electron chi connectivity index (χ1n) is 4.55. The molecular weight excluding hydrogens is 164 g/mol. The van der Waals surface area contributed by atoms with Crippen LogP contribution in [0, 0.1) is 0 Å². The van der Waals surface area contributed by atoms with Gasteiger partial charge in [-0.25, -0.2) is 0 Å². The summed E-state index contributed by atoms with van der Waals surface area (Å²) >= 11 is 0. The molecule has 0 atom stereocenters. The van der Waals surface area contributed by atoms with E-state index in [-0.39, 0.29) is 0 Å². The van der Waals surface area contributed by atoms with Gasteiger partial charge in [-0.1, -0.05) is 6.08 Å². The fourth-order valence-corrected chi connectivity index (χ4v) is 1.42. The van der Waals surface area contributed by atoms with Crippen molar-refractivity contribution in [2.75, 3.05) is 5.32 Å². The molecule has 0 fully saturated rings. The Balaban J connectivity index is 2.01. The number of rotatable bonds is 2. The quantitative estimate of drug-likeness (QED) is 0.745. The summed E-state index contributed by atoms with van der Waals surface area (Å²) in [5, 5.41) is 14.3. The molecule has 1 aromatic rings. The summed E-state index contributed by atoms with van der Waals surface area (Å²) in [4.78, 5) is 0. The van der Waals surface area contributed by atoms with Crippen molar-refractivity contribution in [2.24, 2.45) is 0 Å². The molecule has 4 heteroatoms. The van der Waals surface area contributed by atoms with Gasteiger partial charge < -0.3 is 5.32 Å². The topological polar surface area (TPSA) is 50.7 Å². The van der Waals surface area contributed by atoms with Crippen molar-refractivity contribution in [1.29, 1.82) is 0 Å². The minimum Gasteiger partial charge on any atom is -0.343 e. The summed E-state index contributed by atoms with van der Waals surface area (Å²) in [6, 6.07) is 1.82. The van der Waals surface area contributed by atoms with Crippen molar-refractivity contribution in [1.82, 2.24) is 15.4 Å². The van der Waals surface area contributed by atoms with Crippen LogP contribution < -0.4 is 5.32 Å². The number of nitrogens with zero attached hydrogens (tertiary/aromatic N) is 3. The highest BCUT2D eigenvalue weighted by Gasteiger charge is 2.03. The second-order valence-electron chi connectivity index (χ2n) is 3.11. The van der Waals surface area contributed by atoms with Crippen LogP contribution >= 0.6 is 0 Å². The van der Waals surface area contributed by atoms with Crippen molar-refractivity contribution >= 4 is 5.82 Å². The van der Waals surface area contributed by atoms with Crippen LogP contribution in [0.15, 0.2) is 24.0 Å². The molecule has 1 aliphatic rings. The van der Waals surface area contributed by atoms with Gasteiger partial charge in [-0.3, -0.25) is 0 Å². The molecule has 0 bridgehead atoms. The second-order valence-corrected chi connectivity index (χ2v) is 3.11. The fraction of sp³-hybridized carbons (Fsp3) is 0.444. The molecule has 68 valence electrons. The van der Waals surface area contributed by atoms with Gasteiger partial charge in [0.2, 0.25) is 0 Å². The SMILES string of the molecule is C1=C(Nc2ccnnn2)CCCC1. The van der Waals surface area contributed by atoms with Gasteiger partial charge in [0, 0.05) is 11.8 Å². The van der Waals surface area contributed by atoms with Crippen LogP contribution in [0.3, 0.4) is 0 Å². The molecular formula is C9H12N4. The Morgan fingerprint density at radius 3 is 3.00 bits per heavy atom. The zero-order chi connectivity index (χ0) is 8.93. The van der Waals surface area contributed by atoms with Crippen LogP contribution in [0.5, 0.6) is 0 Å². The second kappa shape index (κ2) is 3.98. The molecule has 1 aromatic heterocycles. The predicted octanol–water partition coefficient (Wildman–Crippen LogP) is 1.74. The monoisotopic (exact) mass is 176 g/mol. The van der Waals surface area contributed by atoms with Gasteiger partial charge >= 0.3 is 0 Å². The van der Waals surface area contributed by atoms with Gasteiger partial charge in [-0.05, 0) is 30.9 Å². The lowest BCUT2D eigenvalue weighted by Crippen LogP contribution is -2.05. The number of allylic oxidation sites excluding steroid dienone is 2. The van der Waals surface area contributed by atoms with Crippen molar-refractivity contribution < 1.29 is 0 Å². The van der Waals surface area contributed by atoms with Crippen LogP contribution in [-0.2, 0) is 0 Å². The van der Waals surface area contributed by atoms with Gasteiger partial charge in [0.15, 0.2) is 5.82 Å². The molecule has 2 rings (SSSR count). The summed E-state index contributed by atoms with van der Waals surface area (Å²) in [5.74, 6) is 0.781. The molecule has 13 heavy (non-hydrogen) atoms. The van der Waals surface area contributed by atoms with Crippen LogP contribution in [0.1, 0.15) is 25.7 Å². The third kappa shape index (κ3) is 2.24. The highest BCUT2D eigenvalue weighted by atomic mass is 15.3. The average molecular weight is 176 g/mol. The smallest absolute Gasteiger partial charge is 0.156 e. The molecule has 0 radical (unpaired) electrons. The van der Waals surface area contributed by atoms with Gasteiger partial charge in [-0.15, -0.1) is 10.2 Å². The molecule has 0 amide bonds. The zero-order valence-electron chi connectivity index (χ0n) is 7.40. The van der Waals surface area contributed by atoms with Crippen molar-refractivity contribution in [3.05, 3.63) is 24.0 Å². The van der Waals surface area contributed by atoms with Gasteiger partial charge in [0.05, 0.1) is 6.20 Å². The maximum absolute atomic E-state index is 3.86. The Morgan fingerprint density at radius 2 is 2.31 bits per heavy atom. The van der Waals surface area contributed by atoms with E-state index in [4.69, 9.17) is 0 Å². The van der Waals surface area contributed by atoms with E-state index in [0.717, 1.165) is 12.2 Å². The Morgan fingerprint density at radius 1 is 1.31 bits per heavy atom. The molecule has 1 aliphatic carbocycles. The Kier molecular flexibility index (Phi) is 2.50. The van der Waals surface area contributed by atoms with E-state index >= 15 is 0 Å². The third-order valence-electron chi connectivity index (χ3n) is 2.08. The van der Waals surface area contributed by atoms with Crippen LogP contribution in [-0.4, -0.2) is 15.4 Å². The first kappa shape index (κ1) is 8.16. The van der Waals surface area contributed by atoms with Crippen molar-refractivity contribution in [3.63, 3.8) is 0 Å². The molecule has 1 N–H and O–H groups in total. The standard InChI is InChI=1S/C9H12N4/c1-2-4-8(5-3-1)11-9-6-7-10-13-12-9/h4,6-7H,1-3,5H2,(H,10,11,12). The van der Waals surface area contributed by atoms with Gasteiger partial charge in [-0.2, -0.15) is 0 Å². The first-order chi connectivity index (χ1) is 6.45. The zero-order valence-corrected chi connectivity index (χ0v) is 7.40. The van der Waals surface area contributed by atoms with E-state index < -0.39 is 0 Å². The summed E-state index contributed by atoms with van der Waals surface area (Å²) in [5.41, 5.74) is 1.26. The van der Waals surface area contributed by atoms with E-state index in [1.807, 2.05) is 6.07 Å². The molecule has 0 aromatic carbocycles. The van der Waals surface area contributed by atoms with Crippen LogP contribution in [0.4, 0.5) is 5.82 Å². The predicted molar refractivity (Wildman–Crippen MR) is 50.0 cm³/mol. The summed E-state index contributed by atoms with van der Waals surface area (Å²) in [6.07, 6.45) is 8.71. The molecule has 0 saturated heterocycles. The van der Waals surface area contributed by atoms with E-state index in [2.05, 4.69) is 26.8 Å². The Bertz CT molecular complexity index is 294. The third-order valence-corrected chi connectivity index (χ3v) is 2.08. The van der Waals surface area contributed by atoms with E-state index in [1.54, 1.807) is 6.20 Å². The molecule has 0 saturated carbocycles. The lowest BCUT2D eigenvalue weighted by molar-refractivity contribution is 0.702. The first-order valence-corrected chi connectivity index (χ1v) is 4.55. The minimum atomic E-state index is 0.781. The fourth-order valence-electron chi connectivity index (χ4n) is 1.42. The van der Waals surface area contributed by atoms with E-state index in [0.29, 0.717) is 0 Å². The van der Waals surface area contributed by atoms with Gasteiger partial charge in [0.25, 0.3) is 0 Å². The number of aromatic nitrogens is 3. The van der Waals surface area contributed by atoms with Gasteiger partial charge in [0.1, 0.15) is 0 Å². The Hall–Kier alpha value is -1.45. The maximum atomic E-state index is 3.86. The molecule has 0 aliphatic heterocycles. The summed E-state index contributed by atoms with van der Waals surface area (Å²) < 4.78 is 0. The summed E-state index contributed by atoms with van der Waals surface area (Å²) in [6.45, 7) is 0. The number of anilines is 1. The molecule has 0 spiro atoms. The maximum Gasteiger partial charge on any atom is 0.156 e. The minimum absolute atomic E-state index is 0.781. The van der Waals surface area contributed by atoms with E-state index in [9.17, 15) is 0 Å².